The first-order chi connectivity index (χ1) is 7.95. The summed E-state index contributed by atoms with van der Waals surface area (Å²) in [5.41, 5.74) is 11.2. The second-order valence-corrected chi connectivity index (χ2v) is 4.54. The zero-order valence-electron chi connectivity index (χ0n) is 11.1. The van der Waals surface area contributed by atoms with Crippen molar-refractivity contribution in [1.82, 2.24) is 0 Å². The quantitative estimate of drug-likeness (QED) is 0.804. The molecule has 2 N–H and O–H groups in total. The minimum atomic E-state index is 0.169. The molecular weight excluding hydrogens is 210 g/mol. The Morgan fingerprint density at radius 3 is 2.41 bits per heavy atom. The number of hydrogen-bond donors (Lipinski definition) is 1. The summed E-state index contributed by atoms with van der Waals surface area (Å²) >= 11 is 0. The van der Waals surface area contributed by atoms with Crippen molar-refractivity contribution in [1.29, 1.82) is 0 Å². The third-order valence-electron chi connectivity index (χ3n) is 2.90. The topological polar surface area (TPSA) is 43.1 Å². The number of ketones is 1. The molecule has 1 aromatic carbocycles. The van der Waals surface area contributed by atoms with Crippen molar-refractivity contribution >= 4 is 17.0 Å². The molecule has 0 aliphatic carbocycles. The van der Waals surface area contributed by atoms with Gasteiger partial charge in [-0.05, 0) is 56.0 Å². The lowest BCUT2D eigenvalue weighted by molar-refractivity contribution is -0.116. The molecular formula is C15H21NO. The highest BCUT2D eigenvalue weighted by Gasteiger charge is 2.09. The maximum Gasteiger partial charge on any atom is 0.134 e. The van der Waals surface area contributed by atoms with Crippen LogP contribution in [0.3, 0.4) is 0 Å². The predicted molar refractivity (Wildman–Crippen MR) is 73.9 cm³/mol. The van der Waals surface area contributed by atoms with Crippen molar-refractivity contribution in [3.8, 4) is 0 Å². The molecule has 0 fully saturated rings. The van der Waals surface area contributed by atoms with Crippen LogP contribution in [0.4, 0.5) is 5.69 Å². The minimum absolute atomic E-state index is 0.169. The number of hydrogen-bond acceptors (Lipinski definition) is 2. The summed E-state index contributed by atoms with van der Waals surface area (Å²) < 4.78 is 0. The molecule has 1 aromatic rings. The van der Waals surface area contributed by atoms with E-state index in [9.17, 15) is 4.79 Å². The third-order valence-corrected chi connectivity index (χ3v) is 2.90. The van der Waals surface area contributed by atoms with E-state index >= 15 is 0 Å². The van der Waals surface area contributed by atoms with Gasteiger partial charge in [0.05, 0.1) is 0 Å². The molecule has 92 valence electrons. The fourth-order valence-corrected chi connectivity index (χ4v) is 1.91. The summed E-state index contributed by atoms with van der Waals surface area (Å²) in [6.45, 7) is 7.79. The van der Waals surface area contributed by atoms with Crippen LogP contribution in [0, 0.1) is 13.8 Å². The summed E-state index contributed by atoms with van der Waals surface area (Å²) in [4.78, 5) is 11.3. The fourth-order valence-electron chi connectivity index (χ4n) is 1.91. The van der Waals surface area contributed by atoms with E-state index in [1.165, 1.54) is 11.1 Å². The number of Topliss-reactive ketones (excluding diaryl/α,β-unsaturated/α-hetero) is 1. The lowest BCUT2D eigenvalue weighted by Gasteiger charge is -2.12. The molecule has 0 atom stereocenters. The van der Waals surface area contributed by atoms with Gasteiger partial charge in [-0.25, -0.2) is 0 Å². The molecule has 2 nitrogen and oxygen atoms in total. The molecule has 0 amide bonds. The van der Waals surface area contributed by atoms with Gasteiger partial charge in [0.2, 0.25) is 0 Å². The predicted octanol–water partition coefficient (Wildman–Crippen LogP) is 3.66. The largest absolute Gasteiger partial charge is 0.398 e. The van der Waals surface area contributed by atoms with Gasteiger partial charge >= 0.3 is 0 Å². The molecule has 0 radical (unpaired) electrons. The zero-order chi connectivity index (χ0) is 13.0. The maximum absolute atomic E-state index is 11.3. The van der Waals surface area contributed by atoms with Gasteiger partial charge in [-0.1, -0.05) is 13.0 Å². The van der Waals surface area contributed by atoms with Crippen LogP contribution in [0.5, 0.6) is 0 Å². The highest BCUT2D eigenvalue weighted by atomic mass is 16.1. The normalized spacial score (nSPS) is 11.6. The van der Waals surface area contributed by atoms with Crippen molar-refractivity contribution in [2.75, 3.05) is 5.73 Å². The third kappa shape index (κ3) is 3.45. The number of nitrogen functional groups attached to an aromatic ring is 1. The van der Waals surface area contributed by atoms with Crippen LogP contribution in [-0.2, 0) is 4.79 Å². The number of nitrogens with two attached hydrogens (primary N) is 1. The molecule has 17 heavy (non-hydrogen) atoms. The van der Waals surface area contributed by atoms with Gasteiger partial charge in [0.25, 0.3) is 0 Å². The van der Waals surface area contributed by atoms with E-state index in [0.29, 0.717) is 6.42 Å². The van der Waals surface area contributed by atoms with Crippen LogP contribution in [0.25, 0.3) is 5.57 Å². The van der Waals surface area contributed by atoms with Crippen LogP contribution < -0.4 is 5.73 Å². The van der Waals surface area contributed by atoms with E-state index < -0.39 is 0 Å². The van der Waals surface area contributed by atoms with Crippen LogP contribution in [0.2, 0.25) is 0 Å². The number of carbonyl (C=O) groups is 1. The van der Waals surface area contributed by atoms with Crippen molar-refractivity contribution in [3.05, 3.63) is 34.9 Å². The molecule has 0 saturated heterocycles. The van der Waals surface area contributed by atoms with Crippen LogP contribution in [-0.4, -0.2) is 5.78 Å². The minimum Gasteiger partial charge on any atom is -0.398 e. The molecule has 0 aliphatic heterocycles. The molecule has 2 heteroatoms. The molecule has 0 aromatic heterocycles. The van der Waals surface area contributed by atoms with Crippen molar-refractivity contribution in [3.63, 3.8) is 0 Å². The number of allylic oxidation sites excluding steroid dienone is 2. The molecule has 0 bridgehead atoms. The van der Waals surface area contributed by atoms with Crippen LogP contribution >= 0.6 is 0 Å². The number of anilines is 1. The first-order valence-electron chi connectivity index (χ1n) is 6.01. The number of aryl methyl sites for hydroxylation is 2. The van der Waals surface area contributed by atoms with E-state index in [1.807, 2.05) is 13.0 Å². The van der Waals surface area contributed by atoms with E-state index in [4.69, 9.17) is 5.73 Å². The van der Waals surface area contributed by atoms with E-state index in [2.05, 4.69) is 26.0 Å². The Morgan fingerprint density at radius 1 is 1.29 bits per heavy atom. The van der Waals surface area contributed by atoms with Gasteiger partial charge in [0.15, 0.2) is 0 Å². The van der Waals surface area contributed by atoms with E-state index in [-0.39, 0.29) is 5.78 Å². The first kappa shape index (κ1) is 13.5. The van der Waals surface area contributed by atoms with Gasteiger partial charge in [0.1, 0.15) is 5.78 Å². The second-order valence-electron chi connectivity index (χ2n) is 4.54. The van der Waals surface area contributed by atoms with Crippen molar-refractivity contribution in [2.24, 2.45) is 0 Å². The van der Waals surface area contributed by atoms with Crippen LogP contribution in [0.15, 0.2) is 18.2 Å². The standard InChI is InChI=1S/C15H21NO/c1-5-6-13(9-12(4)17)14-7-10(2)11(3)8-15(14)16/h6-8H,5,9,16H2,1-4H3/b13-6-. The molecule has 0 heterocycles. The summed E-state index contributed by atoms with van der Waals surface area (Å²) in [5, 5.41) is 0. The molecule has 1 rings (SSSR count). The summed E-state index contributed by atoms with van der Waals surface area (Å²) in [5.74, 6) is 0.169. The Kier molecular flexibility index (Phi) is 4.50. The Labute approximate surface area is 104 Å². The first-order valence-corrected chi connectivity index (χ1v) is 6.01. The van der Waals surface area contributed by atoms with Crippen molar-refractivity contribution < 1.29 is 4.79 Å². The van der Waals surface area contributed by atoms with Gasteiger partial charge in [-0.15, -0.1) is 0 Å². The van der Waals surface area contributed by atoms with Gasteiger partial charge in [0, 0.05) is 17.7 Å². The monoisotopic (exact) mass is 231 g/mol. The lowest BCUT2D eigenvalue weighted by atomic mass is 9.95. The summed E-state index contributed by atoms with van der Waals surface area (Å²) in [6.07, 6.45) is 3.46. The molecule has 0 unspecified atom stereocenters. The van der Waals surface area contributed by atoms with E-state index in [0.717, 1.165) is 23.2 Å². The SMILES string of the molecule is CC/C=C(/CC(C)=O)c1cc(C)c(C)cc1N. The second kappa shape index (κ2) is 5.67. The summed E-state index contributed by atoms with van der Waals surface area (Å²) in [7, 11) is 0. The average molecular weight is 231 g/mol. The number of benzene rings is 1. The highest BCUT2D eigenvalue weighted by Crippen LogP contribution is 2.28. The average Bonchev–Trinajstić information content (AvgIpc) is 2.22. The Morgan fingerprint density at radius 2 is 1.88 bits per heavy atom. The molecule has 0 spiro atoms. The number of carbonyl (C=O) groups excluding carboxylic acids is 1. The van der Waals surface area contributed by atoms with E-state index in [1.54, 1.807) is 6.92 Å². The highest BCUT2D eigenvalue weighted by molar-refractivity contribution is 5.91. The summed E-state index contributed by atoms with van der Waals surface area (Å²) in [6, 6.07) is 4.06. The Bertz CT molecular complexity index is 458. The van der Waals surface area contributed by atoms with Crippen LogP contribution in [0.1, 0.15) is 43.4 Å². The Balaban J connectivity index is 3.23. The van der Waals surface area contributed by atoms with Gasteiger partial charge in [-0.3, -0.25) is 4.79 Å². The Hall–Kier alpha value is -1.57. The van der Waals surface area contributed by atoms with Gasteiger partial charge < -0.3 is 5.73 Å². The smallest absolute Gasteiger partial charge is 0.134 e. The fraction of sp³-hybridized carbons (Fsp3) is 0.400. The van der Waals surface area contributed by atoms with Gasteiger partial charge in [-0.2, -0.15) is 0 Å². The molecule has 0 aliphatic rings. The van der Waals surface area contributed by atoms with Crippen molar-refractivity contribution in [2.45, 2.75) is 40.5 Å². The number of rotatable bonds is 4. The lowest BCUT2D eigenvalue weighted by Crippen LogP contribution is -2.00. The maximum atomic E-state index is 11.3. The molecule has 0 saturated carbocycles. The zero-order valence-corrected chi connectivity index (χ0v) is 11.1.